The summed E-state index contributed by atoms with van der Waals surface area (Å²) in [6, 6.07) is 9.97. The Morgan fingerprint density at radius 3 is 2.68 bits per heavy atom. The molecule has 28 heavy (non-hydrogen) atoms. The van der Waals surface area contributed by atoms with Gasteiger partial charge in [-0.2, -0.15) is 5.10 Å². The Morgan fingerprint density at radius 1 is 1.18 bits per heavy atom. The molecule has 4 rings (SSSR count). The van der Waals surface area contributed by atoms with E-state index in [9.17, 15) is 0 Å². The fourth-order valence-corrected chi connectivity index (χ4v) is 4.23. The third-order valence-corrected chi connectivity index (χ3v) is 5.58. The van der Waals surface area contributed by atoms with Gasteiger partial charge in [0.05, 0.1) is 23.1 Å². The molecule has 0 unspecified atom stereocenters. The number of hydrogen-bond acceptors (Lipinski definition) is 7. The molecule has 0 radical (unpaired) electrons. The van der Waals surface area contributed by atoms with E-state index in [1.165, 1.54) is 0 Å². The Bertz CT molecular complexity index is 922. The van der Waals surface area contributed by atoms with Gasteiger partial charge in [0.15, 0.2) is 0 Å². The summed E-state index contributed by atoms with van der Waals surface area (Å²) in [6.07, 6.45) is 3.91. The predicted molar refractivity (Wildman–Crippen MR) is 114 cm³/mol. The first-order valence-electron chi connectivity index (χ1n) is 9.29. The summed E-state index contributed by atoms with van der Waals surface area (Å²) in [5.41, 5.74) is 1.94. The van der Waals surface area contributed by atoms with Crippen molar-refractivity contribution in [3.8, 4) is 11.4 Å². The lowest BCUT2D eigenvalue weighted by Crippen LogP contribution is -2.50. The third-order valence-electron chi connectivity index (χ3n) is 4.56. The molecule has 8 heteroatoms. The SMILES string of the molecule is COCCOc1ccc(-n2cc3cnc(N4CC(SN(C)C)C4)cc3n2)cc1. The molecule has 1 aliphatic heterocycles. The quantitative estimate of drug-likeness (QED) is 0.426. The van der Waals surface area contributed by atoms with E-state index < -0.39 is 0 Å². The van der Waals surface area contributed by atoms with Crippen LogP contribution in [0.15, 0.2) is 42.7 Å². The van der Waals surface area contributed by atoms with Gasteiger partial charge in [0, 0.05) is 44.0 Å². The molecule has 0 saturated carbocycles. The molecule has 1 aromatic carbocycles. The zero-order valence-corrected chi connectivity index (χ0v) is 17.2. The van der Waals surface area contributed by atoms with Crippen LogP contribution in [0.1, 0.15) is 0 Å². The molecule has 1 saturated heterocycles. The highest BCUT2D eigenvalue weighted by Gasteiger charge is 2.29. The molecule has 0 bridgehead atoms. The molecule has 0 spiro atoms. The lowest BCUT2D eigenvalue weighted by molar-refractivity contribution is 0.146. The van der Waals surface area contributed by atoms with Crippen molar-refractivity contribution < 1.29 is 9.47 Å². The van der Waals surface area contributed by atoms with Gasteiger partial charge < -0.3 is 14.4 Å². The molecule has 148 valence electrons. The summed E-state index contributed by atoms with van der Waals surface area (Å²) < 4.78 is 14.7. The number of rotatable bonds is 8. The molecule has 0 atom stereocenters. The van der Waals surface area contributed by atoms with Crippen LogP contribution in [-0.4, -0.2) is 71.8 Å². The fraction of sp³-hybridized carbons (Fsp3) is 0.400. The maximum absolute atomic E-state index is 5.61. The first kappa shape index (κ1) is 19.0. The van der Waals surface area contributed by atoms with E-state index in [-0.39, 0.29) is 0 Å². The van der Waals surface area contributed by atoms with E-state index >= 15 is 0 Å². The topological polar surface area (TPSA) is 55.7 Å². The van der Waals surface area contributed by atoms with Gasteiger partial charge in [0.1, 0.15) is 18.2 Å². The number of methoxy groups -OCH3 is 1. The first-order valence-corrected chi connectivity index (χ1v) is 10.1. The van der Waals surface area contributed by atoms with E-state index in [0.29, 0.717) is 18.5 Å². The standard InChI is InChI=1S/C20H25N5O2S/c1-23(2)28-18-13-24(14-18)20-10-19-15(11-21-20)12-25(22-19)16-4-6-17(7-5-16)27-9-8-26-3/h4-7,10-12,18H,8-9,13-14H2,1-3H3. The second kappa shape index (κ2) is 8.38. The van der Waals surface area contributed by atoms with Crippen LogP contribution in [0.2, 0.25) is 0 Å². The number of aromatic nitrogens is 3. The first-order chi connectivity index (χ1) is 13.6. The van der Waals surface area contributed by atoms with E-state index in [1.807, 2.05) is 53.3 Å². The monoisotopic (exact) mass is 399 g/mol. The maximum Gasteiger partial charge on any atom is 0.130 e. The van der Waals surface area contributed by atoms with Gasteiger partial charge in [0.25, 0.3) is 0 Å². The van der Waals surface area contributed by atoms with Crippen molar-refractivity contribution >= 4 is 28.7 Å². The molecule has 3 aromatic rings. The molecule has 0 amide bonds. The van der Waals surface area contributed by atoms with Crippen LogP contribution in [0, 0.1) is 0 Å². The average molecular weight is 400 g/mol. The molecular formula is C20H25N5O2S. The van der Waals surface area contributed by atoms with Crippen LogP contribution < -0.4 is 9.64 Å². The number of fused-ring (bicyclic) bond motifs is 1. The van der Waals surface area contributed by atoms with Crippen molar-refractivity contribution in [2.75, 3.05) is 52.4 Å². The van der Waals surface area contributed by atoms with Crippen molar-refractivity contribution in [3.05, 3.63) is 42.7 Å². The van der Waals surface area contributed by atoms with Gasteiger partial charge in [-0.1, -0.05) is 11.9 Å². The summed E-state index contributed by atoms with van der Waals surface area (Å²) in [7, 11) is 5.84. The van der Waals surface area contributed by atoms with Crippen molar-refractivity contribution in [2.24, 2.45) is 0 Å². The van der Waals surface area contributed by atoms with Gasteiger partial charge >= 0.3 is 0 Å². The Morgan fingerprint density at radius 2 is 1.96 bits per heavy atom. The summed E-state index contributed by atoms with van der Waals surface area (Å²) in [6.45, 7) is 3.16. The summed E-state index contributed by atoms with van der Waals surface area (Å²) in [5.74, 6) is 1.82. The van der Waals surface area contributed by atoms with Crippen molar-refractivity contribution in [1.29, 1.82) is 0 Å². The fourth-order valence-electron chi connectivity index (χ4n) is 3.14. The molecular weight excluding hydrogens is 374 g/mol. The smallest absolute Gasteiger partial charge is 0.130 e. The number of hydrogen-bond donors (Lipinski definition) is 0. The van der Waals surface area contributed by atoms with E-state index in [1.54, 1.807) is 7.11 Å². The lowest BCUT2D eigenvalue weighted by Gasteiger charge is -2.40. The average Bonchev–Trinajstić information content (AvgIpc) is 3.08. The van der Waals surface area contributed by atoms with Crippen LogP contribution >= 0.6 is 11.9 Å². The highest BCUT2D eigenvalue weighted by Crippen LogP contribution is 2.29. The Kier molecular flexibility index (Phi) is 5.70. The van der Waals surface area contributed by atoms with Crippen molar-refractivity contribution in [2.45, 2.75) is 5.25 Å². The molecule has 2 aromatic heterocycles. The number of anilines is 1. The minimum atomic E-state index is 0.542. The molecule has 7 nitrogen and oxygen atoms in total. The minimum Gasteiger partial charge on any atom is -0.491 e. The van der Waals surface area contributed by atoms with Crippen molar-refractivity contribution in [3.63, 3.8) is 0 Å². The molecule has 0 aliphatic carbocycles. The zero-order chi connectivity index (χ0) is 19.5. The number of ether oxygens (including phenoxy) is 2. The zero-order valence-electron chi connectivity index (χ0n) is 16.4. The van der Waals surface area contributed by atoms with Gasteiger partial charge in [-0.05, 0) is 38.4 Å². The summed E-state index contributed by atoms with van der Waals surface area (Å²) in [5, 5.41) is 6.40. The van der Waals surface area contributed by atoms with Crippen LogP contribution in [0.5, 0.6) is 5.75 Å². The number of pyridine rings is 1. The number of nitrogens with zero attached hydrogens (tertiary/aromatic N) is 5. The second-order valence-electron chi connectivity index (χ2n) is 6.95. The van der Waals surface area contributed by atoms with E-state index in [2.05, 4.69) is 34.4 Å². The maximum atomic E-state index is 5.61. The molecule has 3 heterocycles. The van der Waals surface area contributed by atoms with E-state index in [0.717, 1.165) is 41.2 Å². The normalized spacial score (nSPS) is 14.6. The Balaban J connectivity index is 1.45. The van der Waals surface area contributed by atoms with E-state index in [4.69, 9.17) is 14.6 Å². The van der Waals surface area contributed by atoms with Crippen LogP contribution in [0.25, 0.3) is 16.6 Å². The number of benzene rings is 1. The lowest BCUT2D eigenvalue weighted by atomic mass is 10.2. The summed E-state index contributed by atoms with van der Waals surface area (Å²) in [4.78, 5) is 6.92. The second-order valence-corrected chi connectivity index (χ2v) is 8.56. The molecule has 0 N–H and O–H groups in total. The van der Waals surface area contributed by atoms with Gasteiger partial charge in [0.2, 0.25) is 0 Å². The largest absolute Gasteiger partial charge is 0.491 e. The molecule has 1 fully saturated rings. The van der Waals surface area contributed by atoms with Crippen LogP contribution in [0.4, 0.5) is 5.82 Å². The Labute approximate surface area is 169 Å². The highest BCUT2D eigenvalue weighted by molar-refractivity contribution is 7.97. The predicted octanol–water partition coefficient (Wildman–Crippen LogP) is 2.84. The van der Waals surface area contributed by atoms with Gasteiger partial charge in [-0.25, -0.2) is 9.67 Å². The van der Waals surface area contributed by atoms with Gasteiger partial charge in [-0.15, -0.1) is 0 Å². The minimum absolute atomic E-state index is 0.542. The van der Waals surface area contributed by atoms with Gasteiger partial charge in [-0.3, -0.25) is 4.31 Å². The van der Waals surface area contributed by atoms with Crippen LogP contribution in [-0.2, 0) is 4.74 Å². The van der Waals surface area contributed by atoms with Crippen molar-refractivity contribution in [1.82, 2.24) is 19.1 Å². The Hall–Kier alpha value is -2.29. The van der Waals surface area contributed by atoms with Crippen LogP contribution in [0.3, 0.4) is 0 Å². The third kappa shape index (κ3) is 4.24. The molecule has 1 aliphatic rings. The summed E-state index contributed by atoms with van der Waals surface area (Å²) >= 11 is 1.88. The highest BCUT2D eigenvalue weighted by atomic mass is 32.2.